The van der Waals surface area contributed by atoms with Crippen LogP contribution >= 0.6 is 23.2 Å². The number of sulfone groups is 1. The summed E-state index contributed by atoms with van der Waals surface area (Å²) in [4.78, 5) is 0. The lowest BCUT2D eigenvalue weighted by Gasteiger charge is -2.21. The molecule has 0 aliphatic heterocycles. The molecular formula is C5H4Cl2F3NO2S. The number of hydrogen-bond donors (Lipinski definition) is 0. The van der Waals surface area contributed by atoms with Gasteiger partial charge in [-0.25, -0.2) is 12.8 Å². The molecule has 0 heterocycles. The van der Waals surface area contributed by atoms with Crippen molar-refractivity contribution in [3.05, 3.63) is 0 Å². The van der Waals surface area contributed by atoms with E-state index in [9.17, 15) is 21.6 Å². The summed E-state index contributed by atoms with van der Waals surface area (Å²) in [5.41, 5.74) is 0. The minimum Gasteiger partial charge on any atom is -0.228 e. The SMILES string of the molecule is N#CCS(=O)(=O)CC(F)(Cl)C(F)(F)Cl. The molecule has 0 bridgehead atoms. The van der Waals surface area contributed by atoms with E-state index in [1.807, 2.05) is 0 Å². The fraction of sp³-hybridized carbons (Fsp3) is 0.800. The highest BCUT2D eigenvalue weighted by Gasteiger charge is 2.55. The smallest absolute Gasteiger partial charge is 0.228 e. The second kappa shape index (κ2) is 4.13. The van der Waals surface area contributed by atoms with Crippen LogP contribution in [0.5, 0.6) is 0 Å². The number of hydrogen-bond acceptors (Lipinski definition) is 3. The summed E-state index contributed by atoms with van der Waals surface area (Å²) in [7, 11) is -4.30. The van der Waals surface area contributed by atoms with Gasteiger partial charge in [0.05, 0.1) is 6.07 Å². The molecule has 0 spiro atoms. The Morgan fingerprint density at radius 2 is 1.71 bits per heavy atom. The lowest BCUT2D eigenvalue weighted by molar-refractivity contribution is -0.00744. The van der Waals surface area contributed by atoms with Gasteiger partial charge in [0.15, 0.2) is 9.84 Å². The number of nitrogens with zero attached hydrogens (tertiary/aromatic N) is 1. The van der Waals surface area contributed by atoms with Crippen molar-refractivity contribution in [3.63, 3.8) is 0 Å². The topological polar surface area (TPSA) is 57.9 Å². The standard InChI is InChI=1S/C5H4Cl2F3NO2S/c6-4(8,5(7,9)10)3-14(12,13)2-1-11/h2-3H2. The predicted octanol–water partition coefficient (Wildman–Crippen LogP) is 1.66. The molecule has 3 nitrogen and oxygen atoms in total. The van der Waals surface area contributed by atoms with Gasteiger partial charge in [0.25, 0.3) is 5.13 Å². The molecule has 0 fully saturated rings. The molecule has 0 radical (unpaired) electrons. The van der Waals surface area contributed by atoms with Crippen molar-refractivity contribution < 1.29 is 21.6 Å². The summed E-state index contributed by atoms with van der Waals surface area (Å²) >= 11 is 8.84. The zero-order chi connectivity index (χ0) is 11.6. The van der Waals surface area contributed by atoms with E-state index in [2.05, 4.69) is 23.2 Å². The highest BCUT2D eigenvalue weighted by Crippen LogP contribution is 2.40. The van der Waals surface area contributed by atoms with Crippen LogP contribution in [0, 0.1) is 11.3 Å². The maximum atomic E-state index is 12.8. The molecule has 0 saturated heterocycles. The lowest BCUT2D eigenvalue weighted by Crippen LogP contribution is -2.41. The van der Waals surface area contributed by atoms with Crippen molar-refractivity contribution in [1.29, 1.82) is 5.26 Å². The molecule has 0 N–H and O–H groups in total. The average molecular weight is 270 g/mol. The molecule has 0 aromatic rings. The molecule has 0 aliphatic rings. The molecular weight excluding hydrogens is 266 g/mol. The molecule has 0 aromatic carbocycles. The van der Waals surface area contributed by atoms with Gasteiger partial charge in [-0.1, -0.05) is 11.6 Å². The molecule has 0 aliphatic carbocycles. The van der Waals surface area contributed by atoms with Gasteiger partial charge in [-0.3, -0.25) is 0 Å². The van der Waals surface area contributed by atoms with Gasteiger partial charge in [-0.2, -0.15) is 14.0 Å². The Bertz CT molecular complexity index is 343. The Hall–Kier alpha value is -0.190. The van der Waals surface area contributed by atoms with E-state index in [1.165, 1.54) is 6.07 Å². The molecule has 0 aromatic heterocycles. The molecule has 14 heavy (non-hydrogen) atoms. The zero-order valence-corrected chi connectivity index (χ0v) is 8.80. The van der Waals surface area contributed by atoms with Gasteiger partial charge < -0.3 is 0 Å². The summed E-state index contributed by atoms with van der Waals surface area (Å²) in [6.07, 6.45) is 0. The number of nitriles is 1. The normalized spacial score (nSPS) is 17.1. The van der Waals surface area contributed by atoms with Crippen molar-refractivity contribution in [2.24, 2.45) is 0 Å². The summed E-state index contributed by atoms with van der Waals surface area (Å²) < 4.78 is 58.7. The van der Waals surface area contributed by atoms with Crippen LogP contribution in [-0.4, -0.2) is 30.4 Å². The minimum absolute atomic E-state index is 1.10. The van der Waals surface area contributed by atoms with E-state index in [0.29, 0.717) is 0 Å². The van der Waals surface area contributed by atoms with Crippen LogP contribution in [0.15, 0.2) is 0 Å². The lowest BCUT2D eigenvalue weighted by atomic mass is 10.4. The third-order valence-corrected chi connectivity index (χ3v) is 3.43. The fourth-order valence-electron chi connectivity index (χ4n) is 0.507. The molecule has 0 amide bonds. The van der Waals surface area contributed by atoms with E-state index >= 15 is 0 Å². The Balaban J connectivity index is 4.79. The molecule has 1 atom stereocenters. The maximum Gasteiger partial charge on any atom is 0.370 e. The van der Waals surface area contributed by atoms with E-state index in [1.54, 1.807) is 0 Å². The Morgan fingerprint density at radius 3 is 2.00 bits per heavy atom. The zero-order valence-electron chi connectivity index (χ0n) is 6.48. The highest BCUT2D eigenvalue weighted by molar-refractivity contribution is 7.91. The summed E-state index contributed by atoms with van der Waals surface area (Å²) in [6.45, 7) is 0. The Morgan fingerprint density at radius 1 is 1.29 bits per heavy atom. The van der Waals surface area contributed by atoms with Crippen LogP contribution in [0.4, 0.5) is 13.2 Å². The molecule has 0 saturated carbocycles. The van der Waals surface area contributed by atoms with Crippen LogP contribution in [0.25, 0.3) is 0 Å². The maximum absolute atomic E-state index is 12.8. The second-order valence-electron chi connectivity index (χ2n) is 2.39. The quantitative estimate of drug-likeness (QED) is 0.730. The first-order chi connectivity index (χ1) is 6.02. The van der Waals surface area contributed by atoms with Crippen LogP contribution in [0.1, 0.15) is 0 Å². The third-order valence-electron chi connectivity index (χ3n) is 1.10. The third kappa shape index (κ3) is 3.90. The first-order valence-electron chi connectivity index (χ1n) is 3.04. The van der Waals surface area contributed by atoms with Gasteiger partial charge in [-0.05, 0) is 11.6 Å². The predicted molar refractivity (Wildman–Crippen MR) is 44.8 cm³/mol. The van der Waals surface area contributed by atoms with Crippen molar-refractivity contribution in [3.8, 4) is 6.07 Å². The van der Waals surface area contributed by atoms with Gasteiger partial charge in [0, 0.05) is 0 Å². The van der Waals surface area contributed by atoms with Gasteiger partial charge in [-0.15, -0.1) is 0 Å². The van der Waals surface area contributed by atoms with Crippen molar-refractivity contribution in [2.45, 2.75) is 10.5 Å². The van der Waals surface area contributed by atoms with E-state index in [-0.39, 0.29) is 0 Å². The highest BCUT2D eigenvalue weighted by atomic mass is 35.5. The first kappa shape index (κ1) is 13.8. The van der Waals surface area contributed by atoms with Crippen LogP contribution in [0.2, 0.25) is 0 Å². The Kier molecular flexibility index (Phi) is 4.07. The molecule has 9 heteroatoms. The summed E-state index contributed by atoms with van der Waals surface area (Å²) in [5.74, 6) is -2.82. The van der Waals surface area contributed by atoms with E-state index < -0.39 is 31.9 Å². The molecule has 1 unspecified atom stereocenters. The van der Waals surface area contributed by atoms with E-state index in [0.717, 1.165) is 0 Å². The van der Waals surface area contributed by atoms with E-state index in [4.69, 9.17) is 5.26 Å². The summed E-state index contributed by atoms with van der Waals surface area (Å²) in [6, 6.07) is 1.18. The van der Waals surface area contributed by atoms with Crippen LogP contribution in [-0.2, 0) is 9.84 Å². The van der Waals surface area contributed by atoms with Crippen molar-refractivity contribution in [1.82, 2.24) is 0 Å². The largest absolute Gasteiger partial charge is 0.370 e. The van der Waals surface area contributed by atoms with Crippen LogP contribution < -0.4 is 0 Å². The van der Waals surface area contributed by atoms with Crippen LogP contribution in [0.3, 0.4) is 0 Å². The van der Waals surface area contributed by atoms with Gasteiger partial charge in [0.1, 0.15) is 11.5 Å². The Labute approximate surface area is 88.3 Å². The minimum atomic E-state index is -4.52. The molecule has 82 valence electrons. The number of rotatable bonds is 4. The van der Waals surface area contributed by atoms with Gasteiger partial charge >= 0.3 is 5.38 Å². The summed E-state index contributed by atoms with van der Waals surface area (Å²) in [5, 5.41) is -0.443. The molecule has 0 rings (SSSR count). The van der Waals surface area contributed by atoms with Crippen molar-refractivity contribution in [2.75, 3.05) is 11.5 Å². The van der Waals surface area contributed by atoms with Crippen molar-refractivity contribution >= 4 is 33.0 Å². The number of halogens is 5. The average Bonchev–Trinajstić information content (AvgIpc) is 1.80. The second-order valence-corrected chi connectivity index (χ2v) is 5.53. The first-order valence-corrected chi connectivity index (χ1v) is 5.61. The monoisotopic (exact) mass is 269 g/mol. The fourth-order valence-corrected chi connectivity index (χ4v) is 2.18. The number of alkyl halides is 5. The van der Waals surface area contributed by atoms with Gasteiger partial charge in [0.2, 0.25) is 0 Å².